The predicted molar refractivity (Wildman–Crippen MR) is 89.8 cm³/mol. The van der Waals surface area contributed by atoms with Crippen LogP contribution in [-0.4, -0.2) is 18.1 Å². The zero-order chi connectivity index (χ0) is 14.8. The zero-order valence-corrected chi connectivity index (χ0v) is 13.9. The van der Waals surface area contributed by atoms with Crippen LogP contribution in [0.1, 0.15) is 39.6 Å². The largest absolute Gasteiger partial charge is 0.372 e. The third-order valence-electron chi connectivity index (χ3n) is 3.42. The van der Waals surface area contributed by atoms with Crippen LogP contribution in [0, 0.1) is 0 Å². The molecular weight excluding hydrogens is 264 g/mol. The first-order valence-electron chi connectivity index (χ1n) is 7.27. The monoisotopic (exact) mass is 288 g/mol. The predicted octanol–water partition coefficient (Wildman–Crippen LogP) is 4.95. The van der Waals surface area contributed by atoms with E-state index in [1.54, 1.807) is 11.3 Å². The van der Waals surface area contributed by atoms with Crippen molar-refractivity contribution >= 4 is 17.0 Å². The number of benzene rings is 1. The van der Waals surface area contributed by atoms with Crippen molar-refractivity contribution in [3.05, 3.63) is 34.7 Å². The second-order valence-corrected chi connectivity index (χ2v) is 6.87. The van der Waals surface area contributed by atoms with Crippen molar-refractivity contribution < 1.29 is 0 Å². The summed E-state index contributed by atoms with van der Waals surface area (Å²) in [4.78, 5) is 7.17. The number of anilines is 1. The topological polar surface area (TPSA) is 16.1 Å². The molecule has 0 saturated heterocycles. The van der Waals surface area contributed by atoms with Gasteiger partial charge in [-0.25, -0.2) is 4.98 Å². The van der Waals surface area contributed by atoms with Crippen molar-refractivity contribution in [1.29, 1.82) is 0 Å². The van der Waals surface area contributed by atoms with Crippen LogP contribution in [0.25, 0.3) is 11.3 Å². The lowest BCUT2D eigenvalue weighted by atomic mass is 9.98. The molecule has 0 spiro atoms. The molecule has 0 aliphatic rings. The van der Waals surface area contributed by atoms with E-state index in [2.05, 4.69) is 69.2 Å². The first-order valence-corrected chi connectivity index (χ1v) is 8.15. The van der Waals surface area contributed by atoms with Gasteiger partial charge in [0, 0.05) is 35.1 Å². The Balaban J connectivity index is 2.34. The number of thiazole rings is 1. The lowest BCUT2D eigenvalue weighted by Crippen LogP contribution is -2.21. The van der Waals surface area contributed by atoms with Crippen molar-refractivity contribution in [2.24, 2.45) is 0 Å². The minimum Gasteiger partial charge on any atom is -0.372 e. The zero-order valence-electron chi connectivity index (χ0n) is 13.1. The third kappa shape index (κ3) is 3.21. The molecule has 0 radical (unpaired) electrons. The highest BCUT2D eigenvalue weighted by Gasteiger charge is 2.18. The van der Waals surface area contributed by atoms with Crippen molar-refractivity contribution in [3.63, 3.8) is 0 Å². The first-order chi connectivity index (χ1) is 9.45. The van der Waals surface area contributed by atoms with Crippen molar-refractivity contribution in [2.45, 2.75) is 40.0 Å². The summed E-state index contributed by atoms with van der Waals surface area (Å²) in [6, 6.07) is 8.69. The van der Waals surface area contributed by atoms with Gasteiger partial charge in [-0.05, 0) is 26.0 Å². The summed E-state index contributed by atoms with van der Waals surface area (Å²) < 4.78 is 0. The normalized spacial score (nSPS) is 11.7. The summed E-state index contributed by atoms with van der Waals surface area (Å²) >= 11 is 1.75. The minimum atomic E-state index is 0.124. The molecule has 0 fully saturated rings. The molecule has 0 unspecified atom stereocenters. The Kier molecular flexibility index (Phi) is 4.48. The summed E-state index contributed by atoms with van der Waals surface area (Å²) in [5.41, 5.74) is 3.70. The van der Waals surface area contributed by atoms with Gasteiger partial charge in [0.1, 0.15) is 0 Å². The molecule has 2 aromatic rings. The highest BCUT2D eigenvalue weighted by atomic mass is 32.1. The van der Waals surface area contributed by atoms with Crippen molar-refractivity contribution in [2.75, 3.05) is 18.0 Å². The average Bonchev–Trinajstić information content (AvgIpc) is 2.90. The molecule has 2 nitrogen and oxygen atoms in total. The Labute approximate surface area is 126 Å². The Bertz CT molecular complexity index is 562. The van der Waals surface area contributed by atoms with Gasteiger partial charge in [-0.1, -0.05) is 32.9 Å². The molecule has 0 aliphatic carbocycles. The SMILES string of the molecule is CCN(CC)c1cccc(-c2csc(C(C)(C)C)n2)c1. The molecule has 0 amide bonds. The van der Waals surface area contributed by atoms with Crippen LogP contribution < -0.4 is 4.90 Å². The van der Waals surface area contributed by atoms with Gasteiger partial charge >= 0.3 is 0 Å². The van der Waals surface area contributed by atoms with Gasteiger partial charge in [-0.3, -0.25) is 0 Å². The van der Waals surface area contributed by atoms with E-state index in [9.17, 15) is 0 Å². The maximum atomic E-state index is 4.80. The maximum absolute atomic E-state index is 4.80. The third-order valence-corrected chi connectivity index (χ3v) is 4.68. The van der Waals surface area contributed by atoms with Crippen LogP contribution in [-0.2, 0) is 5.41 Å². The Hall–Kier alpha value is -1.35. The molecule has 20 heavy (non-hydrogen) atoms. The summed E-state index contributed by atoms with van der Waals surface area (Å²) in [5.74, 6) is 0. The quantitative estimate of drug-likeness (QED) is 0.791. The van der Waals surface area contributed by atoms with E-state index in [-0.39, 0.29) is 5.41 Å². The van der Waals surface area contributed by atoms with E-state index >= 15 is 0 Å². The van der Waals surface area contributed by atoms with Gasteiger partial charge in [0.25, 0.3) is 0 Å². The molecule has 108 valence electrons. The number of rotatable bonds is 4. The van der Waals surface area contributed by atoms with E-state index in [1.165, 1.54) is 16.3 Å². The molecule has 3 heteroatoms. The molecule has 0 saturated carbocycles. The fourth-order valence-electron chi connectivity index (χ4n) is 2.20. The maximum Gasteiger partial charge on any atom is 0.0986 e. The first kappa shape index (κ1) is 15.0. The van der Waals surface area contributed by atoms with Gasteiger partial charge in [0.05, 0.1) is 10.7 Å². The second-order valence-electron chi connectivity index (χ2n) is 6.01. The highest BCUT2D eigenvalue weighted by Crippen LogP contribution is 2.31. The smallest absolute Gasteiger partial charge is 0.0986 e. The molecule has 0 atom stereocenters. The Morgan fingerprint density at radius 2 is 1.85 bits per heavy atom. The van der Waals surface area contributed by atoms with Gasteiger partial charge in [-0.15, -0.1) is 11.3 Å². The van der Waals surface area contributed by atoms with E-state index in [0.717, 1.165) is 18.8 Å². The van der Waals surface area contributed by atoms with Crippen LogP contribution in [0.2, 0.25) is 0 Å². The van der Waals surface area contributed by atoms with E-state index in [4.69, 9.17) is 4.98 Å². The Morgan fingerprint density at radius 3 is 2.40 bits per heavy atom. The lowest BCUT2D eigenvalue weighted by Gasteiger charge is -2.21. The van der Waals surface area contributed by atoms with Gasteiger partial charge in [0.15, 0.2) is 0 Å². The van der Waals surface area contributed by atoms with Crippen LogP contribution >= 0.6 is 11.3 Å². The fourth-order valence-corrected chi connectivity index (χ4v) is 3.12. The summed E-state index contributed by atoms with van der Waals surface area (Å²) in [7, 11) is 0. The van der Waals surface area contributed by atoms with Crippen LogP contribution in [0.3, 0.4) is 0 Å². The van der Waals surface area contributed by atoms with E-state index in [0.29, 0.717) is 0 Å². The van der Waals surface area contributed by atoms with Crippen LogP contribution in [0.5, 0.6) is 0 Å². The van der Waals surface area contributed by atoms with E-state index in [1.807, 2.05) is 0 Å². The van der Waals surface area contributed by atoms with Gasteiger partial charge in [0.2, 0.25) is 0 Å². The molecule has 0 aliphatic heterocycles. The summed E-state index contributed by atoms with van der Waals surface area (Å²) in [5, 5.41) is 3.36. The second kappa shape index (κ2) is 5.96. The highest BCUT2D eigenvalue weighted by molar-refractivity contribution is 7.10. The van der Waals surface area contributed by atoms with Crippen LogP contribution in [0.4, 0.5) is 5.69 Å². The summed E-state index contributed by atoms with van der Waals surface area (Å²) in [6.07, 6.45) is 0. The number of hydrogen-bond donors (Lipinski definition) is 0. The van der Waals surface area contributed by atoms with E-state index < -0.39 is 0 Å². The van der Waals surface area contributed by atoms with Crippen molar-refractivity contribution in [3.8, 4) is 11.3 Å². The molecule has 1 heterocycles. The summed E-state index contributed by atoms with van der Waals surface area (Å²) in [6.45, 7) is 13.1. The van der Waals surface area contributed by atoms with Gasteiger partial charge < -0.3 is 4.90 Å². The molecule has 1 aromatic carbocycles. The molecule has 0 bridgehead atoms. The molecular formula is C17H24N2S. The number of hydrogen-bond acceptors (Lipinski definition) is 3. The minimum absolute atomic E-state index is 0.124. The lowest BCUT2D eigenvalue weighted by molar-refractivity contribution is 0.586. The van der Waals surface area contributed by atoms with Gasteiger partial charge in [-0.2, -0.15) is 0 Å². The number of aromatic nitrogens is 1. The van der Waals surface area contributed by atoms with Crippen LogP contribution in [0.15, 0.2) is 29.6 Å². The Morgan fingerprint density at radius 1 is 1.15 bits per heavy atom. The molecule has 0 N–H and O–H groups in total. The molecule has 2 rings (SSSR count). The molecule has 1 aromatic heterocycles. The standard InChI is InChI=1S/C17H24N2S/c1-6-19(7-2)14-10-8-9-13(11-14)15-12-20-16(18-15)17(3,4)5/h8-12H,6-7H2,1-5H3. The average molecular weight is 288 g/mol. The fraction of sp³-hybridized carbons (Fsp3) is 0.471. The number of nitrogens with zero attached hydrogens (tertiary/aromatic N) is 2. The van der Waals surface area contributed by atoms with Crippen molar-refractivity contribution in [1.82, 2.24) is 4.98 Å².